The number of rotatable bonds is 10. The van der Waals surface area contributed by atoms with Crippen molar-refractivity contribution in [2.24, 2.45) is 5.92 Å². The summed E-state index contributed by atoms with van der Waals surface area (Å²) in [5.41, 5.74) is 0. The lowest BCUT2D eigenvalue weighted by molar-refractivity contribution is -0.0356. The van der Waals surface area contributed by atoms with E-state index in [9.17, 15) is 10.2 Å². The summed E-state index contributed by atoms with van der Waals surface area (Å²) in [6, 6.07) is 0. The maximum atomic E-state index is 9.87. The number of aliphatic hydroxyl groups is 4. The molecule has 0 aromatic rings. The summed E-state index contributed by atoms with van der Waals surface area (Å²) in [5.74, 6) is -0.0712. The molecular weight excluding hydrogens is 208 g/mol. The molecule has 0 amide bonds. The third kappa shape index (κ3) is 6.43. The van der Waals surface area contributed by atoms with Crippen LogP contribution in [0.25, 0.3) is 0 Å². The summed E-state index contributed by atoms with van der Waals surface area (Å²) in [4.78, 5) is 0. The molecule has 0 spiro atoms. The third-order valence-electron chi connectivity index (χ3n) is 2.98. The van der Waals surface area contributed by atoms with Gasteiger partial charge in [-0.15, -0.1) is 0 Å². The molecule has 4 nitrogen and oxygen atoms in total. The summed E-state index contributed by atoms with van der Waals surface area (Å²) in [6.07, 6.45) is 3.01. The van der Waals surface area contributed by atoms with E-state index in [1.807, 2.05) is 0 Å². The summed E-state index contributed by atoms with van der Waals surface area (Å²) in [6.45, 7) is 2.01. The molecule has 16 heavy (non-hydrogen) atoms. The van der Waals surface area contributed by atoms with Gasteiger partial charge in [0, 0.05) is 13.2 Å². The smallest absolute Gasteiger partial charge is 0.0828 e. The molecule has 98 valence electrons. The van der Waals surface area contributed by atoms with Crippen LogP contribution in [0.2, 0.25) is 0 Å². The van der Waals surface area contributed by atoms with E-state index in [0.717, 1.165) is 25.7 Å². The molecule has 0 heterocycles. The highest BCUT2D eigenvalue weighted by Gasteiger charge is 2.25. The fourth-order valence-electron chi connectivity index (χ4n) is 1.93. The van der Waals surface area contributed by atoms with Crippen LogP contribution in [0, 0.1) is 5.92 Å². The summed E-state index contributed by atoms with van der Waals surface area (Å²) >= 11 is 0. The van der Waals surface area contributed by atoms with Crippen LogP contribution in [0.1, 0.15) is 45.4 Å². The topological polar surface area (TPSA) is 80.9 Å². The Hall–Kier alpha value is -0.160. The Balaban J connectivity index is 4.05. The normalized spacial score (nSPS) is 17.1. The van der Waals surface area contributed by atoms with Crippen LogP contribution in [-0.2, 0) is 0 Å². The molecule has 0 saturated heterocycles. The molecule has 0 aromatic carbocycles. The molecule has 0 fully saturated rings. The van der Waals surface area contributed by atoms with Crippen LogP contribution in [0.5, 0.6) is 0 Å². The number of unbranched alkanes of at least 4 members (excludes halogenated alkanes) is 2. The maximum Gasteiger partial charge on any atom is 0.0828 e. The van der Waals surface area contributed by atoms with Gasteiger partial charge < -0.3 is 20.4 Å². The molecule has 0 aliphatic heterocycles. The van der Waals surface area contributed by atoms with Crippen molar-refractivity contribution in [3.63, 3.8) is 0 Å². The predicted molar refractivity (Wildman–Crippen MR) is 63.1 cm³/mol. The van der Waals surface area contributed by atoms with E-state index in [-0.39, 0.29) is 25.6 Å². The van der Waals surface area contributed by atoms with E-state index >= 15 is 0 Å². The van der Waals surface area contributed by atoms with Gasteiger partial charge >= 0.3 is 0 Å². The summed E-state index contributed by atoms with van der Waals surface area (Å²) in [5, 5.41) is 37.0. The van der Waals surface area contributed by atoms with Crippen molar-refractivity contribution in [3.05, 3.63) is 0 Å². The van der Waals surface area contributed by atoms with Crippen molar-refractivity contribution in [1.82, 2.24) is 0 Å². The lowest BCUT2D eigenvalue weighted by Gasteiger charge is -2.26. The van der Waals surface area contributed by atoms with Gasteiger partial charge in [-0.1, -0.05) is 26.2 Å². The number of aliphatic hydroxyl groups excluding tert-OH is 4. The van der Waals surface area contributed by atoms with E-state index in [2.05, 4.69) is 6.92 Å². The minimum absolute atomic E-state index is 0.0275. The molecule has 4 heteroatoms. The highest BCUT2D eigenvalue weighted by atomic mass is 16.3. The van der Waals surface area contributed by atoms with Gasteiger partial charge in [0.25, 0.3) is 0 Å². The van der Waals surface area contributed by atoms with Gasteiger partial charge in [0.05, 0.1) is 12.2 Å². The monoisotopic (exact) mass is 234 g/mol. The van der Waals surface area contributed by atoms with E-state index in [4.69, 9.17) is 10.2 Å². The first-order chi connectivity index (χ1) is 7.67. The Bertz CT molecular complexity index is 152. The maximum absolute atomic E-state index is 9.87. The van der Waals surface area contributed by atoms with Crippen molar-refractivity contribution in [2.45, 2.75) is 57.7 Å². The second kappa shape index (κ2) is 10.0. The van der Waals surface area contributed by atoms with Crippen molar-refractivity contribution in [2.75, 3.05) is 13.2 Å². The van der Waals surface area contributed by atoms with Crippen LogP contribution < -0.4 is 0 Å². The van der Waals surface area contributed by atoms with E-state index in [1.54, 1.807) is 0 Å². The van der Waals surface area contributed by atoms with Gasteiger partial charge in [0.15, 0.2) is 0 Å². The summed E-state index contributed by atoms with van der Waals surface area (Å²) in [7, 11) is 0. The Labute approximate surface area is 97.9 Å². The van der Waals surface area contributed by atoms with Crippen LogP contribution >= 0.6 is 0 Å². The van der Waals surface area contributed by atoms with Crippen LogP contribution in [0.4, 0.5) is 0 Å². The average molecular weight is 234 g/mol. The Kier molecular flexibility index (Phi) is 9.92. The molecule has 0 aromatic heterocycles. The predicted octanol–water partition coefficient (Wildman–Crippen LogP) is 0.669. The lowest BCUT2D eigenvalue weighted by atomic mass is 9.88. The highest BCUT2D eigenvalue weighted by molar-refractivity contribution is 4.76. The standard InChI is InChI=1S/C12H26O4/c1-2-3-4-5-10(6-8-13)12(16)11(15)7-9-14/h10-16H,2-9H2,1H3. The molecular formula is C12H26O4. The molecule has 0 saturated carbocycles. The zero-order valence-corrected chi connectivity index (χ0v) is 10.2. The lowest BCUT2D eigenvalue weighted by Crippen LogP contribution is -2.34. The first-order valence-electron chi connectivity index (χ1n) is 6.25. The first kappa shape index (κ1) is 15.8. The van der Waals surface area contributed by atoms with Gasteiger partial charge in [-0.05, 0) is 25.2 Å². The third-order valence-corrected chi connectivity index (χ3v) is 2.98. The molecule has 0 aliphatic rings. The molecule has 3 atom stereocenters. The van der Waals surface area contributed by atoms with Gasteiger partial charge in [-0.3, -0.25) is 0 Å². The van der Waals surface area contributed by atoms with Crippen LogP contribution in [-0.4, -0.2) is 45.8 Å². The molecule has 4 N–H and O–H groups in total. The fraction of sp³-hybridized carbons (Fsp3) is 1.00. The van der Waals surface area contributed by atoms with Crippen molar-refractivity contribution in [1.29, 1.82) is 0 Å². The van der Waals surface area contributed by atoms with Gasteiger partial charge in [0.1, 0.15) is 0 Å². The van der Waals surface area contributed by atoms with E-state index in [1.165, 1.54) is 0 Å². The Morgan fingerprint density at radius 1 is 0.875 bits per heavy atom. The van der Waals surface area contributed by atoms with Crippen molar-refractivity contribution in [3.8, 4) is 0 Å². The van der Waals surface area contributed by atoms with E-state index in [0.29, 0.717) is 6.42 Å². The molecule has 0 bridgehead atoms. The Morgan fingerprint density at radius 3 is 2.00 bits per heavy atom. The summed E-state index contributed by atoms with van der Waals surface area (Å²) < 4.78 is 0. The molecule has 0 radical (unpaired) electrons. The van der Waals surface area contributed by atoms with E-state index < -0.39 is 12.2 Å². The first-order valence-corrected chi connectivity index (χ1v) is 6.25. The molecule has 0 rings (SSSR count). The van der Waals surface area contributed by atoms with Crippen LogP contribution in [0.3, 0.4) is 0 Å². The Morgan fingerprint density at radius 2 is 1.50 bits per heavy atom. The zero-order chi connectivity index (χ0) is 12.4. The van der Waals surface area contributed by atoms with Gasteiger partial charge in [-0.25, -0.2) is 0 Å². The number of hydrogen-bond donors (Lipinski definition) is 4. The van der Waals surface area contributed by atoms with Crippen molar-refractivity contribution >= 4 is 0 Å². The van der Waals surface area contributed by atoms with Crippen LogP contribution in [0.15, 0.2) is 0 Å². The SMILES string of the molecule is CCCCCC(CCO)C(O)C(O)CCO. The quantitative estimate of drug-likeness (QED) is 0.419. The minimum atomic E-state index is -0.886. The second-order valence-corrected chi connectivity index (χ2v) is 4.34. The van der Waals surface area contributed by atoms with Gasteiger partial charge in [0.2, 0.25) is 0 Å². The molecule has 3 unspecified atom stereocenters. The van der Waals surface area contributed by atoms with Crippen molar-refractivity contribution < 1.29 is 20.4 Å². The largest absolute Gasteiger partial charge is 0.396 e. The highest BCUT2D eigenvalue weighted by Crippen LogP contribution is 2.21. The fourth-order valence-corrected chi connectivity index (χ4v) is 1.93. The molecule has 0 aliphatic carbocycles. The average Bonchev–Trinajstić information content (AvgIpc) is 2.27. The number of hydrogen-bond acceptors (Lipinski definition) is 4. The zero-order valence-electron chi connectivity index (χ0n) is 10.2. The van der Waals surface area contributed by atoms with Gasteiger partial charge in [-0.2, -0.15) is 0 Å². The second-order valence-electron chi connectivity index (χ2n) is 4.34. The minimum Gasteiger partial charge on any atom is -0.396 e.